The molecule has 0 radical (unpaired) electrons. The lowest BCUT2D eigenvalue weighted by molar-refractivity contribution is 0.0728. The highest BCUT2D eigenvalue weighted by Gasteiger charge is 2.43. The molecule has 8 heteroatoms. The molecule has 7 nitrogen and oxygen atoms in total. The molecule has 1 aliphatic rings. The first-order chi connectivity index (χ1) is 15.7. The number of carbonyl (C=O) groups is 2. The zero-order valence-corrected chi connectivity index (χ0v) is 19.5. The van der Waals surface area contributed by atoms with Gasteiger partial charge in [-0.15, -0.1) is 0 Å². The van der Waals surface area contributed by atoms with Crippen LogP contribution in [0.15, 0.2) is 71.9 Å². The third-order valence-electron chi connectivity index (χ3n) is 5.67. The van der Waals surface area contributed by atoms with Crippen molar-refractivity contribution in [1.82, 2.24) is 14.2 Å². The van der Waals surface area contributed by atoms with Gasteiger partial charge in [-0.25, -0.2) is 12.7 Å². The minimum atomic E-state index is -4.00. The summed E-state index contributed by atoms with van der Waals surface area (Å²) in [6.45, 7) is 5.93. The summed E-state index contributed by atoms with van der Waals surface area (Å²) >= 11 is 0. The molecule has 2 aromatic carbocycles. The number of hydrogen-bond acceptors (Lipinski definition) is 5. The number of carbonyl (C=O) groups excluding carboxylic acids is 2. The van der Waals surface area contributed by atoms with E-state index in [-0.39, 0.29) is 21.9 Å². The van der Waals surface area contributed by atoms with E-state index < -0.39 is 22.0 Å². The standard InChI is InChI=1S/C25H25N3O4S/c1-17(2)28-25(30)22-11-10-20(13-23(22)33(28,31)32)24(29)27(15-19-8-6-12-26-14-19)16-21-9-5-4-7-18(21)3/h4-14,17H,15-16H2,1-3H3. The first kappa shape index (κ1) is 22.7. The second-order valence-corrected chi connectivity index (χ2v) is 10.1. The summed E-state index contributed by atoms with van der Waals surface area (Å²) in [4.78, 5) is 31.9. The van der Waals surface area contributed by atoms with Crippen LogP contribution < -0.4 is 0 Å². The van der Waals surface area contributed by atoms with Gasteiger partial charge in [0.25, 0.3) is 21.8 Å². The van der Waals surface area contributed by atoms with E-state index in [1.54, 1.807) is 37.2 Å². The molecule has 0 unspecified atom stereocenters. The number of aryl methyl sites for hydroxylation is 1. The largest absolute Gasteiger partial charge is 0.330 e. The molecule has 0 N–H and O–H groups in total. The van der Waals surface area contributed by atoms with Gasteiger partial charge in [-0.2, -0.15) is 0 Å². The van der Waals surface area contributed by atoms with Gasteiger partial charge in [-0.1, -0.05) is 30.3 Å². The molecular formula is C25H25N3O4S. The Morgan fingerprint density at radius 2 is 1.82 bits per heavy atom. The molecule has 0 saturated heterocycles. The summed E-state index contributed by atoms with van der Waals surface area (Å²) < 4.78 is 26.8. The van der Waals surface area contributed by atoms with Crippen LogP contribution in [0.4, 0.5) is 0 Å². The lowest BCUT2D eigenvalue weighted by Crippen LogP contribution is -2.36. The number of pyridine rings is 1. The lowest BCUT2D eigenvalue weighted by Gasteiger charge is -2.24. The quantitative estimate of drug-likeness (QED) is 0.555. The number of amides is 2. The third-order valence-corrected chi connectivity index (χ3v) is 7.67. The maximum atomic E-state index is 13.6. The van der Waals surface area contributed by atoms with Gasteiger partial charge < -0.3 is 4.90 Å². The minimum Gasteiger partial charge on any atom is -0.330 e. The average molecular weight is 464 g/mol. The Balaban J connectivity index is 1.72. The van der Waals surface area contributed by atoms with Crippen molar-refractivity contribution in [3.8, 4) is 0 Å². The maximum Gasteiger partial charge on any atom is 0.269 e. The van der Waals surface area contributed by atoms with E-state index in [9.17, 15) is 18.0 Å². The molecule has 0 aliphatic carbocycles. The molecule has 0 spiro atoms. The van der Waals surface area contributed by atoms with Crippen LogP contribution in [0.3, 0.4) is 0 Å². The molecule has 0 saturated carbocycles. The average Bonchev–Trinajstić information content (AvgIpc) is 2.99. The smallest absolute Gasteiger partial charge is 0.269 e. The van der Waals surface area contributed by atoms with Crippen LogP contribution in [0.25, 0.3) is 0 Å². The SMILES string of the molecule is Cc1ccccc1CN(Cc1cccnc1)C(=O)c1ccc2c(c1)S(=O)(=O)N(C(C)C)C2=O. The lowest BCUT2D eigenvalue weighted by atomic mass is 10.1. The van der Waals surface area contributed by atoms with Crippen molar-refractivity contribution in [2.24, 2.45) is 0 Å². The van der Waals surface area contributed by atoms with Gasteiger partial charge >= 0.3 is 0 Å². The Morgan fingerprint density at radius 3 is 2.48 bits per heavy atom. The predicted molar refractivity (Wildman–Crippen MR) is 124 cm³/mol. The van der Waals surface area contributed by atoms with Crippen LogP contribution in [-0.2, 0) is 23.1 Å². The summed E-state index contributed by atoms with van der Waals surface area (Å²) in [6, 6.07) is 15.3. The van der Waals surface area contributed by atoms with Gasteiger partial charge in [0.05, 0.1) is 5.56 Å². The Bertz CT molecular complexity index is 1320. The highest BCUT2D eigenvalue weighted by molar-refractivity contribution is 7.90. The van der Waals surface area contributed by atoms with E-state index >= 15 is 0 Å². The molecule has 4 rings (SSSR count). The molecule has 0 fully saturated rings. The molecule has 2 heterocycles. The highest BCUT2D eigenvalue weighted by atomic mass is 32.2. The van der Waals surface area contributed by atoms with Gasteiger partial charge in [0.1, 0.15) is 4.90 Å². The summed E-state index contributed by atoms with van der Waals surface area (Å²) in [5, 5.41) is 0. The molecule has 0 bridgehead atoms. The van der Waals surface area contributed by atoms with Crippen LogP contribution in [0, 0.1) is 6.92 Å². The van der Waals surface area contributed by atoms with Crippen LogP contribution >= 0.6 is 0 Å². The minimum absolute atomic E-state index is 0.0953. The Morgan fingerprint density at radius 1 is 1.06 bits per heavy atom. The highest BCUT2D eigenvalue weighted by Crippen LogP contribution is 2.33. The van der Waals surface area contributed by atoms with Gasteiger partial charge in [-0.05, 0) is 61.7 Å². The third kappa shape index (κ3) is 4.26. The molecule has 170 valence electrons. The molecular weight excluding hydrogens is 438 g/mol. The molecule has 1 aromatic heterocycles. The van der Waals surface area contributed by atoms with Gasteiger partial charge in [0, 0.05) is 37.1 Å². The molecule has 0 atom stereocenters. The van der Waals surface area contributed by atoms with E-state index in [1.165, 1.54) is 18.2 Å². The van der Waals surface area contributed by atoms with Crippen LogP contribution in [0.5, 0.6) is 0 Å². The van der Waals surface area contributed by atoms with Crippen molar-refractivity contribution in [1.29, 1.82) is 0 Å². The molecule has 2 amide bonds. The Labute approximate surface area is 193 Å². The number of fused-ring (bicyclic) bond motifs is 1. The first-order valence-electron chi connectivity index (χ1n) is 10.7. The monoisotopic (exact) mass is 463 g/mol. The summed E-state index contributed by atoms with van der Waals surface area (Å²) in [6.07, 6.45) is 3.37. The number of sulfonamides is 1. The van der Waals surface area contributed by atoms with Crippen LogP contribution in [-0.4, -0.2) is 40.5 Å². The number of aromatic nitrogens is 1. The number of rotatable bonds is 6. The fraction of sp³-hybridized carbons (Fsp3) is 0.240. The zero-order chi connectivity index (χ0) is 23.8. The second-order valence-electron chi connectivity index (χ2n) is 8.36. The van der Waals surface area contributed by atoms with Crippen molar-refractivity contribution < 1.29 is 18.0 Å². The van der Waals surface area contributed by atoms with E-state index in [2.05, 4.69) is 4.98 Å². The fourth-order valence-electron chi connectivity index (χ4n) is 3.98. The van der Waals surface area contributed by atoms with Gasteiger partial charge in [0.2, 0.25) is 0 Å². The van der Waals surface area contributed by atoms with Crippen molar-refractivity contribution >= 4 is 21.8 Å². The Kier molecular flexibility index (Phi) is 6.03. The van der Waals surface area contributed by atoms with Crippen molar-refractivity contribution in [3.63, 3.8) is 0 Å². The number of benzene rings is 2. The maximum absolute atomic E-state index is 13.6. The fourth-order valence-corrected chi connectivity index (χ4v) is 5.77. The normalized spacial score (nSPS) is 14.4. The van der Waals surface area contributed by atoms with Crippen molar-refractivity contribution in [2.75, 3.05) is 0 Å². The van der Waals surface area contributed by atoms with Crippen LogP contribution in [0.2, 0.25) is 0 Å². The van der Waals surface area contributed by atoms with Crippen molar-refractivity contribution in [3.05, 3.63) is 94.8 Å². The number of nitrogens with zero attached hydrogens (tertiary/aromatic N) is 3. The molecule has 1 aliphatic heterocycles. The topological polar surface area (TPSA) is 87.7 Å². The molecule has 33 heavy (non-hydrogen) atoms. The summed E-state index contributed by atoms with van der Waals surface area (Å²) in [7, 11) is -4.00. The van der Waals surface area contributed by atoms with Crippen molar-refractivity contribution in [2.45, 2.75) is 44.8 Å². The van der Waals surface area contributed by atoms with E-state index in [0.29, 0.717) is 13.1 Å². The zero-order valence-electron chi connectivity index (χ0n) is 18.7. The second kappa shape index (κ2) is 8.78. The van der Waals surface area contributed by atoms with E-state index in [1.807, 2.05) is 37.3 Å². The number of hydrogen-bond donors (Lipinski definition) is 0. The van der Waals surface area contributed by atoms with Gasteiger partial charge in [-0.3, -0.25) is 14.6 Å². The van der Waals surface area contributed by atoms with E-state index in [4.69, 9.17) is 0 Å². The summed E-state index contributed by atoms with van der Waals surface area (Å²) in [5.74, 6) is -0.887. The predicted octanol–water partition coefficient (Wildman–Crippen LogP) is 3.79. The Hall–Kier alpha value is -3.52. The summed E-state index contributed by atoms with van der Waals surface area (Å²) in [5.41, 5.74) is 3.21. The first-order valence-corrected chi connectivity index (χ1v) is 12.1. The molecule has 3 aromatic rings. The van der Waals surface area contributed by atoms with Gasteiger partial charge in [0.15, 0.2) is 0 Å². The van der Waals surface area contributed by atoms with Crippen LogP contribution in [0.1, 0.15) is 51.3 Å². The van der Waals surface area contributed by atoms with E-state index in [0.717, 1.165) is 21.0 Å².